The van der Waals surface area contributed by atoms with Crippen LogP contribution < -0.4 is 0 Å². The summed E-state index contributed by atoms with van der Waals surface area (Å²) in [4.78, 5) is 13.0. The summed E-state index contributed by atoms with van der Waals surface area (Å²) in [6, 6.07) is 0. The van der Waals surface area contributed by atoms with Gasteiger partial charge in [-0.15, -0.1) is 0 Å². The van der Waals surface area contributed by atoms with E-state index in [-0.39, 0.29) is 19.6 Å². The molecule has 0 bridgehead atoms. The zero-order valence-corrected chi connectivity index (χ0v) is 40.2. The highest BCUT2D eigenvalue weighted by molar-refractivity contribution is 5.69. The molecule has 2 fully saturated rings. The fourth-order valence-electron chi connectivity index (χ4n) is 7.36. The Kier molecular flexibility index (Phi) is 35.5. The van der Waals surface area contributed by atoms with Crippen LogP contribution in [0.4, 0.5) is 0 Å². The van der Waals surface area contributed by atoms with Crippen LogP contribution in [0.2, 0.25) is 0 Å². The van der Waals surface area contributed by atoms with E-state index in [0.717, 1.165) is 103 Å². The maximum absolute atomic E-state index is 13.0. The molecule has 66 heavy (non-hydrogen) atoms. The van der Waals surface area contributed by atoms with Gasteiger partial charge in [0.15, 0.2) is 12.6 Å². The highest BCUT2D eigenvalue weighted by atomic mass is 16.7. The standard InChI is InChI=1S/C52H88O14/c1-3-5-7-9-11-13-15-17-18-19-20-21-22-23-24-26-28-30-32-34-36-61-38-41(64-44(54)35-33-31-29-27-25-16-14-12-10-8-6-4-2)39-62-51-50(60)48(58)46(56)43(66-51)40-63-52-49(59)47(57)45(55)42(37-53)65-52/h5,7,11-14,17-18,20-21,23-24,41-43,45-53,55-60H,3-4,6,8-10,15-16,19,22,25-40H2,1-2H3/b7-5-,13-11-,14-12-,18-17-,21-20-,24-23-. The molecule has 2 rings (SSSR count). The molecular weight excluding hydrogens is 849 g/mol. The molecule has 0 amide bonds. The molecule has 0 spiro atoms. The Morgan fingerprint density at radius 3 is 1.56 bits per heavy atom. The second kappa shape index (κ2) is 39.3. The minimum atomic E-state index is -1.72. The number of aliphatic hydroxyl groups is 7. The molecule has 0 radical (unpaired) electrons. The van der Waals surface area contributed by atoms with E-state index in [1.54, 1.807) is 0 Å². The summed E-state index contributed by atoms with van der Waals surface area (Å²) in [7, 11) is 0. The molecule has 380 valence electrons. The van der Waals surface area contributed by atoms with E-state index in [1.165, 1.54) is 19.3 Å². The summed E-state index contributed by atoms with van der Waals surface area (Å²) in [6.45, 7) is 3.45. The van der Waals surface area contributed by atoms with E-state index < -0.39 is 86.7 Å². The Morgan fingerprint density at radius 2 is 0.985 bits per heavy atom. The number of unbranched alkanes of at least 4 members (excludes halogenated alkanes) is 12. The predicted octanol–water partition coefficient (Wildman–Crippen LogP) is 7.12. The van der Waals surface area contributed by atoms with E-state index in [0.29, 0.717) is 13.0 Å². The zero-order valence-electron chi connectivity index (χ0n) is 40.2. The SMILES string of the molecule is CC/C=C\C/C=C\C/C=C\C/C=C\C/C=C\CCCCCCOCC(COC1OC(COC2OC(CO)C(O)C(O)C2O)C(O)C(O)C1O)OC(=O)CCCCCCC/C=C\CCCCC. The minimum Gasteiger partial charge on any atom is -0.457 e. The smallest absolute Gasteiger partial charge is 0.306 e. The lowest BCUT2D eigenvalue weighted by Gasteiger charge is -2.42. The summed E-state index contributed by atoms with van der Waals surface area (Å²) < 4.78 is 34.2. The molecular formula is C52H88O14. The minimum absolute atomic E-state index is 0.0371. The van der Waals surface area contributed by atoms with Crippen molar-refractivity contribution in [3.05, 3.63) is 72.9 Å². The summed E-state index contributed by atoms with van der Waals surface area (Å²) in [5.41, 5.74) is 0. The van der Waals surface area contributed by atoms with Crippen LogP contribution in [0, 0.1) is 0 Å². The number of carbonyl (C=O) groups is 1. The van der Waals surface area contributed by atoms with Crippen molar-refractivity contribution in [3.63, 3.8) is 0 Å². The van der Waals surface area contributed by atoms with Gasteiger partial charge in [-0.05, 0) is 83.5 Å². The maximum atomic E-state index is 13.0. The van der Waals surface area contributed by atoms with Gasteiger partial charge in [-0.3, -0.25) is 4.79 Å². The molecule has 2 heterocycles. The number of aliphatic hydroxyl groups excluding tert-OH is 7. The first kappa shape index (κ1) is 59.6. The quantitative estimate of drug-likeness (QED) is 0.0187. The Labute approximate surface area is 396 Å². The average molecular weight is 937 g/mol. The maximum Gasteiger partial charge on any atom is 0.306 e. The van der Waals surface area contributed by atoms with Crippen molar-refractivity contribution in [1.82, 2.24) is 0 Å². The van der Waals surface area contributed by atoms with Gasteiger partial charge < -0.3 is 64.2 Å². The Morgan fingerprint density at radius 1 is 0.515 bits per heavy atom. The van der Waals surface area contributed by atoms with Crippen molar-refractivity contribution in [2.45, 2.75) is 216 Å². The molecule has 2 saturated heterocycles. The highest BCUT2D eigenvalue weighted by Gasteiger charge is 2.47. The number of esters is 1. The van der Waals surface area contributed by atoms with Crippen molar-refractivity contribution in [3.8, 4) is 0 Å². The molecule has 0 saturated carbocycles. The number of hydrogen-bond donors (Lipinski definition) is 7. The van der Waals surface area contributed by atoms with Crippen molar-refractivity contribution < 1.29 is 69.0 Å². The van der Waals surface area contributed by atoms with Gasteiger partial charge in [-0.25, -0.2) is 0 Å². The van der Waals surface area contributed by atoms with Gasteiger partial charge in [0.2, 0.25) is 0 Å². The molecule has 7 N–H and O–H groups in total. The second-order valence-corrected chi connectivity index (χ2v) is 17.3. The lowest BCUT2D eigenvalue weighted by atomic mass is 9.98. The lowest BCUT2D eigenvalue weighted by molar-refractivity contribution is -0.332. The third kappa shape index (κ3) is 26.8. The summed E-state index contributed by atoms with van der Waals surface area (Å²) in [6.07, 6.45) is 31.1. The molecule has 14 heteroatoms. The topological polar surface area (TPSA) is 214 Å². The van der Waals surface area contributed by atoms with Crippen LogP contribution in [0.25, 0.3) is 0 Å². The summed E-state index contributed by atoms with van der Waals surface area (Å²) >= 11 is 0. The largest absolute Gasteiger partial charge is 0.457 e. The molecule has 0 aromatic heterocycles. The molecule has 14 nitrogen and oxygen atoms in total. The van der Waals surface area contributed by atoms with Crippen LogP contribution in [0.5, 0.6) is 0 Å². The molecule has 0 aromatic carbocycles. The number of carbonyl (C=O) groups excluding carboxylic acids is 1. The van der Waals surface area contributed by atoms with Gasteiger partial charge in [-0.2, -0.15) is 0 Å². The van der Waals surface area contributed by atoms with Crippen molar-refractivity contribution in [2.75, 3.05) is 33.0 Å². The van der Waals surface area contributed by atoms with Crippen LogP contribution in [0.15, 0.2) is 72.9 Å². The molecule has 2 aliphatic heterocycles. The fourth-order valence-corrected chi connectivity index (χ4v) is 7.36. The van der Waals surface area contributed by atoms with Crippen LogP contribution in [0.3, 0.4) is 0 Å². The van der Waals surface area contributed by atoms with E-state index in [2.05, 4.69) is 86.8 Å². The molecule has 0 aliphatic carbocycles. The molecule has 11 unspecified atom stereocenters. The van der Waals surface area contributed by atoms with Gasteiger partial charge in [0.1, 0.15) is 54.9 Å². The average Bonchev–Trinajstić information content (AvgIpc) is 3.31. The van der Waals surface area contributed by atoms with Crippen molar-refractivity contribution in [1.29, 1.82) is 0 Å². The van der Waals surface area contributed by atoms with Gasteiger partial charge in [-0.1, -0.05) is 132 Å². The Bertz CT molecular complexity index is 1360. The number of ether oxygens (including phenoxy) is 6. The van der Waals surface area contributed by atoms with Gasteiger partial charge in [0.05, 0.1) is 26.4 Å². The normalized spacial score (nSPS) is 26.9. The summed E-state index contributed by atoms with van der Waals surface area (Å²) in [5.74, 6) is -0.399. The first-order chi connectivity index (χ1) is 32.1. The zero-order chi connectivity index (χ0) is 48.0. The Hall–Kier alpha value is -2.57. The third-order valence-electron chi connectivity index (χ3n) is 11.4. The molecule has 11 atom stereocenters. The van der Waals surface area contributed by atoms with Gasteiger partial charge >= 0.3 is 5.97 Å². The summed E-state index contributed by atoms with van der Waals surface area (Å²) in [5, 5.41) is 72.0. The first-order valence-corrected chi connectivity index (χ1v) is 25.0. The second-order valence-electron chi connectivity index (χ2n) is 17.3. The third-order valence-corrected chi connectivity index (χ3v) is 11.4. The van der Waals surface area contributed by atoms with Crippen LogP contribution >= 0.6 is 0 Å². The van der Waals surface area contributed by atoms with Crippen LogP contribution in [0.1, 0.15) is 149 Å². The van der Waals surface area contributed by atoms with Crippen LogP contribution in [-0.4, -0.2) is 142 Å². The predicted molar refractivity (Wildman–Crippen MR) is 256 cm³/mol. The monoisotopic (exact) mass is 937 g/mol. The van der Waals surface area contributed by atoms with Crippen molar-refractivity contribution >= 4 is 5.97 Å². The van der Waals surface area contributed by atoms with E-state index in [9.17, 15) is 40.5 Å². The number of rotatable bonds is 38. The van der Waals surface area contributed by atoms with E-state index >= 15 is 0 Å². The lowest BCUT2D eigenvalue weighted by Crippen LogP contribution is -2.61. The van der Waals surface area contributed by atoms with Gasteiger partial charge in [0, 0.05) is 13.0 Å². The van der Waals surface area contributed by atoms with E-state index in [1.807, 2.05) is 0 Å². The first-order valence-electron chi connectivity index (χ1n) is 25.0. The number of allylic oxidation sites excluding steroid dienone is 12. The molecule has 2 aliphatic rings. The van der Waals surface area contributed by atoms with Gasteiger partial charge in [0.25, 0.3) is 0 Å². The van der Waals surface area contributed by atoms with Crippen LogP contribution in [-0.2, 0) is 33.2 Å². The number of hydrogen-bond acceptors (Lipinski definition) is 14. The van der Waals surface area contributed by atoms with E-state index in [4.69, 9.17) is 28.4 Å². The molecule has 0 aromatic rings. The fraction of sp³-hybridized carbons (Fsp3) is 0.750. The Balaban J connectivity index is 1.79. The highest BCUT2D eigenvalue weighted by Crippen LogP contribution is 2.26. The van der Waals surface area contributed by atoms with Crippen molar-refractivity contribution in [2.24, 2.45) is 0 Å².